The molecule has 17 heavy (non-hydrogen) atoms. The maximum Gasteiger partial charge on any atom is 0.00966 e. The van der Waals surface area contributed by atoms with E-state index >= 15 is 0 Å². The van der Waals surface area contributed by atoms with Crippen molar-refractivity contribution in [2.75, 3.05) is 32.4 Å². The van der Waals surface area contributed by atoms with Crippen molar-refractivity contribution >= 4 is 11.8 Å². The van der Waals surface area contributed by atoms with Crippen LogP contribution in [0.2, 0.25) is 0 Å². The van der Waals surface area contributed by atoms with Crippen LogP contribution in [-0.2, 0) is 0 Å². The smallest absolute Gasteiger partial charge is 0.00966 e. The second-order valence-corrected chi connectivity index (χ2v) is 7.70. The molecular formula is C14H30N2S. The largest absolute Gasteiger partial charge is 0.312 e. The number of thioether (sulfide) groups is 1. The standard InChI is InChI=1S/C14H30N2S/c1-12(17-5)6-8-16-9-7-13(11-16)10-15-14(2,3)4/h12-13,15H,6-11H2,1-5H3. The van der Waals surface area contributed by atoms with E-state index in [4.69, 9.17) is 0 Å². The van der Waals surface area contributed by atoms with Gasteiger partial charge in [0.05, 0.1) is 0 Å². The van der Waals surface area contributed by atoms with Crippen LogP contribution in [0.4, 0.5) is 0 Å². The fraction of sp³-hybridized carbons (Fsp3) is 1.00. The Hall–Kier alpha value is 0.270. The fourth-order valence-corrected chi connectivity index (χ4v) is 2.56. The summed E-state index contributed by atoms with van der Waals surface area (Å²) in [6.45, 7) is 14.1. The molecule has 2 unspecified atom stereocenters. The number of hydrogen-bond donors (Lipinski definition) is 1. The Labute approximate surface area is 112 Å². The number of rotatable bonds is 6. The summed E-state index contributed by atoms with van der Waals surface area (Å²) in [5.41, 5.74) is 0.265. The molecule has 0 saturated carbocycles. The monoisotopic (exact) mass is 258 g/mol. The molecule has 2 nitrogen and oxygen atoms in total. The van der Waals surface area contributed by atoms with Gasteiger partial charge in [0.1, 0.15) is 0 Å². The van der Waals surface area contributed by atoms with Gasteiger partial charge in [-0.3, -0.25) is 0 Å². The molecule has 0 aromatic carbocycles. The molecule has 0 amide bonds. The molecule has 0 aromatic heterocycles. The molecule has 1 fully saturated rings. The average Bonchev–Trinajstić information content (AvgIpc) is 2.70. The highest BCUT2D eigenvalue weighted by atomic mass is 32.2. The third-order valence-corrected chi connectivity index (χ3v) is 4.59. The lowest BCUT2D eigenvalue weighted by atomic mass is 10.1. The predicted octanol–water partition coefficient (Wildman–Crippen LogP) is 2.84. The minimum Gasteiger partial charge on any atom is -0.312 e. The molecule has 1 aliphatic heterocycles. The van der Waals surface area contributed by atoms with Gasteiger partial charge in [0.2, 0.25) is 0 Å². The van der Waals surface area contributed by atoms with E-state index in [0.29, 0.717) is 0 Å². The van der Waals surface area contributed by atoms with Crippen LogP contribution < -0.4 is 5.32 Å². The van der Waals surface area contributed by atoms with Crippen molar-refractivity contribution in [2.24, 2.45) is 5.92 Å². The van der Waals surface area contributed by atoms with E-state index in [1.807, 2.05) is 11.8 Å². The first kappa shape index (κ1) is 15.3. The van der Waals surface area contributed by atoms with Crippen LogP contribution in [0.1, 0.15) is 40.5 Å². The average molecular weight is 258 g/mol. The van der Waals surface area contributed by atoms with Crippen LogP contribution >= 0.6 is 11.8 Å². The molecule has 1 N–H and O–H groups in total. The zero-order chi connectivity index (χ0) is 12.9. The number of nitrogens with one attached hydrogen (secondary N) is 1. The van der Waals surface area contributed by atoms with Crippen LogP contribution in [0.5, 0.6) is 0 Å². The lowest BCUT2D eigenvalue weighted by Crippen LogP contribution is -2.39. The minimum absolute atomic E-state index is 0.265. The third-order valence-electron chi connectivity index (χ3n) is 3.55. The summed E-state index contributed by atoms with van der Waals surface area (Å²) in [6, 6.07) is 0. The van der Waals surface area contributed by atoms with E-state index in [9.17, 15) is 0 Å². The van der Waals surface area contributed by atoms with Gasteiger partial charge in [-0.15, -0.1) is 0 Å². The highest BCUT2D eigenvalue weighted by molar-refractivity contribution is 7.99. The van der Waals surface area contributed by atoms with E-state index in [1.165, 1.54) is 39.0 Å². The zero-order valence-electron chi connectivity index (χ0n) is 12.3. The molecule has 1 saturated heterocycles. The van der Waals surface area contributed by atoms with Gasteiger partial charge in [-0.05, 0) is 65.4 Å². The Balaban J connectivity index is 2.14. The van der Waals surface area contributed by atoms with E-state index in [0.717, 1.165) is 11.2 Å². The molecule has 0 aliphatic carbocycles. The molecule has 2 atom stereocenters. The highest BCUT2D eigenvalue weighted by Crippen LogP contribution is 2.18. The lowest BCUT2D eigenvalue weighted by Gasteiger charge is -2.23. The van der Waals surface area contributed by atoms with E-state index in [2.05, 4.69) is 44.2 Å². The summed E-state index contributed by atoms with van der Waals surface area (Å²) in [4.78, 5) is 2.64. The van der Waals surface area contributed by atoms with Gasteiger partial charge >= 0.3 is 0 Å². The summed E-state index contributed by atoms with van der Waals surface area (Å²) in [5, 5.41) is 4.44. The van der Waals surface area contributed by atoms with Gasteiger partial charge in [0.25, 0.3) is 0 Å². The van der Waals surface area contributed by atoms with Crippen LogP contribution in [0.25, 0.3) is 0 Å². The van der Waals surface area contributed by atoms with Crippen molar-refractivity contribution in [3.8, 4) is 0 Å². The van der Waals surface area contributed by atoms with Gasteiger partial charge in [0.15, 0.2) is 0 Å². The Morgan fingerprint density at radius 1 is 1.41 bits per heavy atom. The Morgan fingerprint density at radius 3 is 2.71 bits per heavy atom. The van der Waals surface area contributed by atoms with Gasteiger partial charge in [-0.25, -0.2) is 0 Å². The van der Waals surface area contributed by atoms with Crippen molar-refractivity contribution in [1.82, 2.24) is 10.2 Å². The molecule has 0 spiro atoms. The molecular weight excluding hydrogens is 228 g/mol. The van der Waals surface area contributed by atoms with Crippen LogP contribution in [0.3, 0.4) is 0 Å². The number of likely N-dealkylation sites (tertiary alicyclic amines) is 1. The molecule has 0 radical (unpaired) electrons. The van der Waals surface area contributed by atoms with Crippen molar-refractivity contribution in [1.29, 1.82) is 0 Å². The summed E-state index contributed by atoms with van der Waals surface area (Å²) in [7, 11) is 0. The quantitative estimate of drug-likeness (QED) is 0.789. The van der Waals surface area contributed by atoms with Crippen LogP contribution in [-0.4, -0.2) is 48.1 Å². The molecule has 1 rings (SSSR count). The van der Waals surface area contributed by atoms with Crippen LogP contribution in [0.15, 0.2) is 0 Å². The molecule has 1 aliphatic rings. The topological polar surface area (TPSA) is 15.3 Å². The third kappa shape index (κ3) is 6.68. The SMILES string of the molecule is CSC(C)CCN1CCC(CNC(C)(C)C)C1. The lowest BCUT2D eigenvalue weighted by molar-refractivity contribution is 0.308. The molecule has 3 heteroatoms. The normalized spacial score (nSPS) is 24.2. The predicted molar refractivity (Wildman–Crippen MR) is 79.9 cm³/mol. The minimum atomic E-state index is 0.265. The van der Waals surface area contributed by atoms with Gasteiger partial charge < -0.3 is 10.2 Å². The van der Waals surface area contributed by atoms with Crippen molar-refractivity contribution < 1.29 is 0 Å². The second-order valence-electron chi connectivity index (χ2n) is 6.42. The first-order valence-corrected chi connectivity index (χ1v) is 8.19. The van der Waals surface area contributed by atoms with Crippen molar-refractivity contribution in [3.63, 3.8) is 0 Å². The maximum absolute atomic E-state index is 3.63. The Bertz CT molecular complexity index is 213. The van der Waals surface area contributed by atoms with Crippen molar-refractivity contribution in [3.05, 3.63) is 0 Å². The fourth-order valence-electron chi connectivity index (χ4n) is 2.22. The van der Waals surface area contributed by atoms with Crippen LogP contribution in [0, 0.1) is 5.92 Å². The van der Waals surface area contributed by atoms with E-state index in [1.54, 1.807) is 0 Å². The molecule has 0 bridgehead atoms. The summed E-state index contributed by atoms with van der Waals surface area (Å²) in [5.74, 6) is 0.860. The molecule has 102 valence electrons. The van der Waals surface area contributed by atoms with Crippen molar-refractivity contribution in [2.45, 2.75) is 51.3 Å². The van der Waals surface area contributed by atoms with Gasteiger partial charge in [0, 0.05) is 17.3 Å². The van der Waals surface area contributed by atoms with Gasteiger partial charge in [-0.1, -0.05) is 6.92 Å². The maximum atomic E-state index is 3.63. The first-order valence-electron chi connectivity index (χ1n) is 6.91. The summed E-state index contributed by atoms with van der Waals surface area (Å²) >= 11 is 1.98. The second kappa shape index (κ2) is 7.01. The number of nitrogens with zero attached hydrogens (tertiary/aromatic N) is 1. The molecule has 0 aromatic rings. The van der Waals surface area contributed by atoms with Gasteiger partial charge in [-0.2, -0.15) is 11.8 Å². The number of hydrogen-bond acceptors (Lipinski definition) is 3. The molecule has 1 heterocycles. The summed E-state index contributed by atoms with van der Waals surface area (Å²) in [6.07, 6.45) is 4.92. The Morgan fingerprint density at radius 2 is 2.12 bits per heavy atom. The van der Waals surface area contributed by atoms with E-state index < -0.39 is 0 Å². The first-order chi connectivity index (χ1) is 7.90. The van der Waals surface area contributed by atoms with E-state index in [-0.39, 0.29) is 5.54 Å². The zero-order valence-corrected chi connectivity index (χ0v) is 13.1. The highest BCUT2D eigenvalue weighted by Gasteiger charge is 2.23. The Kier molecular flexibility index (Phi) is 6.32. The summed E-state index contributed by atoms with van der Waals surface area (Å²) < 4.78 is 0.